The van der Waals surface area contributed by atoms with Gasteiger partial charge in [-0.15, -0.1) is 0 Å². The molecule has 10 heteroatoms. The molecule has 1 heterocycles. The number of ether oxygens (including phenoxy) is 2. The third kappa shape index (κ3) is 7.20. The maximum atomic E-state index is 13.7. The number of fused-ring (bicyclic) bond motifs is 1. The summed E-state index contributed by atoms with van der Waals surface area (Å²) in [5, 5.41) is 2.75. The van der Waals surface area contributed by atoms with E-state index in [1.54, 1.807) is 47.6 Å². The summed E-state index contributed by atoms with van der Waals surface area (Å²) in [6.45, 7) is 10.5. The molecule has 1 aromatic carbocycles. The number of nitrogens with one attached hydrogen (secondary N) is 1. The molecule has 1 saturated heterocycles. The van der Waals surface area contributed by atoms with Gasteiger partial charge >= 0.3 is 12.1 Å². The number of hydrogen-bond acceptors (Lipinski definition) is 8. The second-order valence-electron chi connectivity index (χ2n) is 11.6. The van der Waals surface area contributed by atoms with Gasteiger partial charge in [-0.05, 0) is 59.3 Å². The fourth-order valence-electron chi connectivity index (χ4n) is 4.49. The molecular weight excluding hydrogens is 492 g/mol. The molecule has 4 atom stereocenters. The minimum Gasteiger partial charge on any atom is -0.467 e. The van der Waals surface area contributed by atoms with Crippen LogP contribution >= 0.6 is 0 Å². The van der Waals surface area contributed by atoms with E-state index in [-0.39, 0.29) is 25.0 Å². The normalized spacial score (nSPS) is 24.0. The minimum absolute atomic E-state index is 0.0121. The predicted molar refractivity (Wildman–Crippen MR) is 138 cm³/mol. The van der Waals surface area contributed by atoms with Crippen molar-refractivity contribution in [2.24, 2.45) is 0 Å². The first-order chi connectivity index (χ1) is 17.6. The topological polar surface area (TPSA) is 120 Å². The Kier molecular flexibility index (Phi) is 8.68. The third-order valence-electron chi connectivity index (χ3n) is 6.13. The standard InChI is InChI=1S/C28H38N2O8/c1-26(2,3)36-25(34)30-21(17-28(38-37-27(4,5)6)14-13-19(31)16-22(28)30)23(32)29-20(24(33)35-7)15-18-11-9-8-10-12-18/h8-14,20-22H,15-17H2,1-7H3,(H,29,32)/t20-,21+,22+,28-/m0/s1. The molecule has 0 aromatic heterocycles. The predicted octanol–water partition coefficient (Wildman–Crippen LogP) is 3.28. The average molecular weight is 531 g/mol. The first kappa shape index (κ1) is 29.3. The zero-order chi connectivity index (χ0) is 28.3. The maximum absolute atomic E-state index is 13.7. The van der Waals surface area contributed by atoms with Gasteiger partial charge in [0, 0.05) is 19.3 Å². The van der Waals surface area contributed by atoms with E-state index in [1.165, 1.54) is 18.1 Å². The highest BCUT2D eigenvalue weighted by Crippen LogP contribution is 2.43. The first-order valence-corrected chi connectivity index (χ1v) is 12.7. The SMILES string of the molecule is COC(=O)[C@H](Cc1ccccc1)NC(=O)[C@H]1C[C@@]2(OOC(C)(C)C)C=CC(=O)C[C@H]2N1C(=O)OC(C)(C)C. The Hall–Kier alpha value is -3.24. The zero-order valence-electron chi connectivity index (χ0n) is 23.1. The van der Waals surface area contributed by atoms with Crippen LogP contribution in [0.3, 0.4) is 0 Å². The number of amides is 2. The lowest BCUT2D eigenvalue weighted by atomic mass is 9.85. The van der Waals surface area contributed by atoms with Crippen LogP contribution in [0.4, 0.5) is 4.79 Å². The molecule has 2 aliphatic rings. The molecule has 0 bridgehead atoms. The van der Waals surface area contributed by atoms with Gasteiger partial charge in [-0.2, -0.15) is 0 Å². The molecule has 0 unspecified atom stereocenters. The highest BCUT2D eigenvalue weighted by molar-refractivity contribution is 5.95. The van der Waals surface area contributed by atoms with Gasteiger partial charge in [0.25, 0.3) is 0 Å². The Morgan fingerprint density at radius 3 is 2.32 bits per heavy atom. The second kappa shape index (κ2) is 11.2. The van der Waals surface area contributed by atoms with Crippen LogP contribution in [0.2, 0.25) is 0 Å². The van der Waals surface area contributed by atoms with Gasteiger partial charge in [-0.25, -0.2) is 19.4 Å². The van der Waals surface area contributed by atoms with Crippen molar-refractivity contribution in [3.63, 3.8) is 0 Å². The molecule has 3 rings (SSSR count). The van der Waals surface area contributed by atoms with E-state index < -0.39 is 52.9 Å². The Balaban J connectivity index is 1.96. The van der Waals surface area contributed by atoms with E-state index in [1.807, 2.05) is 30.3 Å². The molecule has 1 aromatic rings. The average Bonchev–Trinajstić information content (AvgIpc) is 3.16. The van der Waals surface area contributed by atoms with Crippen molar-refractivity contribution in [1.29, 1.82) is 0 Å². The second-order valence-corrected chi connectivity index (χ2v) is 11.6. The van der Waals surface area contributed by atoms with Gasteiger partial charge in [-0.3, -0.25) is 14.5 Å². The fourth-order valence-corrected chi connectivity index (χ4v) is 4.49. The largest absolute Gasteiger partial charge is 0.467 e. The summed E-state index contributed by atoms with van der Waals surface area (Å²) in [7, 11) is 1.24. The Morgan fingerprint density at radius 1 is 1.08 bits per heavy atom. The van der Waals surface area contributed by atoms with Gasteiger partial charge < -0.3 is 14.8 Å². The van der Waals surface area contributed by atoms with Crippen LogP contribution in [0.15, 0.2) is 42.5 Å². The van der Waals surface area contributed by atoms with Crippen LogP contribution in [-0.2, 0) is 40.1 Å². The van der Waals surface area contributed by atoms with E-state index in [0.29, 0.717) is 0 Å². The van der Waals surface area contributed by atoms with Gasteiger partial charge in [0.15, 0.2) is 5.78 Å². The van der Waals surface area contributed by atoms with Crippen molar-refractivity contribution in [1.82, 2.24) is 10.2 Å². The van der Waals surface area contributed by atoms with Crippen LogP contribution in [0.5, 0.6) is 0 Å². The number of esters is 1. The summed E-state index contributed by atoms with van der Waals surface area (Å²) in [6, 6.07) is 6.20. The summed E-state index contributed by atoms with van der Waals surface area (Å²) in [4.78, 5) is 65.0. The van der Waals surface area contributed by atoms with E-state index >= 15 is 0 Å². The number of ketones is 1. The van der Waals surface area contributed by atoms with E-state index in [4.69, 9.17) is 19.2 Å². The molecule has 1 N–H and O–H groups in total. The molecular formula is C28H38N2O8. The summed E-state index contributed by atoms with van der Waals surface area (Å²) < 4.78 is 10.6. The van der Waals surface area contributed by atoms with Gasteiger partial charge in [0.2, 0.25) is 5.91 Å². The van der Waals surface area contributed by atoms with Crippen molar-refractivity contribution in [3.8, 4) is 0 Å². The lowest BCUT2D eigenvalue weighted by Gasteiger charge is -2.38. The highest BCUT2D eigenvalue weighted by atomic mass is 17.2. The van der Waals surface area contributed by atoms with Crippen molar-refractivity contribution < 1.29 is 38.4 Å². The maximum Gasteiger partial charge on any atom is 0.411 e. The van der Waals surface area contributed by atoms with Crippen LogP contribution in [0, 0.1) is 0 Å². The summed E-state index contributed by atoms with van der Waals surface area (Å²) in [5.74, 6) is -1.45. The number of methoxy groups -OCH3 is 1. The van der Waals surface area contributed by atoms with Crippen LogP contribution in [-0.4, -0.2) is 70.7 Å². The number of carbonyl (C=O) groups excluding carboxylic acids is 4. The molecule has 208 valence electrons. The van der Waals surface area contributed by atoms with Crippen LogP contribution in [0.1, 0.15) is 59.9 Å². The van der Waals surface area contributed by atoms with Crippen LogP contribution < -0.4 is 5.32 Å². The lowest BCUT2D eigenvalue weighted by molar-refractivity contribution is -0.396. The number of likely N-dealkylation sites (tertiary alicyclic amines) is 1. The Bertz CT molecular complexity index is 1070. The minimum atomic E-state index is -1.28. The Morgan fingerprint density at radius 2 is 1.74 bits per heavy atom. The van der Waals surface area contributed by atoms with Crippen LogP contribution in [0.25, 0.3) is 0 Å². The van der Waals surface area contributed by atoms with E-state index in [0.717, 1.165) is 5.56 Å². The molecule has 1 aliphatic carbocycles. The molecule has 1 fully saturated rings. The number of carbonyl (C=O) groups is 4. The smallest absolute Gasteiger partial charge is 0.411 e. The summed E-state index contributed by atoms with van der Waals surface area (Å²) in [6.07, 6.45) is 2.24. The van der Waals surface area contributed by atoms with Gasteiger partial charge in [0.05, 0.1) is 18.8 Å². The van der Waals surface area contributed by atoms with Gasteiger partial charge in [-0.1, -0.05) is 30.3 Å². The number of benzene rings is 1. The quantitative estimate of drug-likeness (QED) is 0.324. The number of hydrogen-bond donors (Lipinski definition) is 1. The van der Waals surface area contributed by atoms with Crippen molar-refractivity contribution >= 4 is 23.8 Å². The lowest BCUT2D eigenvalue weighted by Crippen LogP contribution is -2.56. The van der Waals surface area contributed by atoms with Crippen molar-refractivity contribution in [3.05, 3.63) is 48.0 Å². The fraction of sp³-hybridized carbons (Fsp3) is 0.571. The molecule has 0 saturated carbocycles. The Labute approximate surface area is 223 Å². The van der Waals surface area contributed by atoms with E-state index in [2.05, 4.69) is 5.32 Å². The molecule has 0 radical (unpaired) electrons. The number of rotatable bonds is 7. The van der Waals surface area contributed by atoms with Crippen molar-refractivity contribution in [2.45, 2.75) is 95.7 Å². The molecule has 0 spiro atoms. The number of allylic oxidation sites excluding steroid dienone is 1. The first-order valence-electron chi connectivity index (χ1n) is 12.7. The van der Waals surface area contributed by atoms with E-state index in [9.17, 15) is 19.2 Å². The molecule has 1 aliphatic heterocycles. The zero-order valence-corrected chi connectivity index (χ0v) is 23.1. The molecule has 2 amide bonds. The number of nitrogens with zero attached hydrogens (tertiary/aromatic N) is 1. The van der Waals surface area contributed by atoms with Crippen molar-refractivity contribution in [2.75, 3.05) is 7.11 Å². The molecule has 10 nitrogen and oxygen atoms in total. The summed E-state index contributed by atoms with van der Waals surface area (Å²) >= 11 is 0. The highest BCUT2D eigenvalue weighted by Gasteiger charge is 2.60. The molecule has 38 heavy (non-hydrogen) atoms. The monoisotopic (exact) mass is 530 g/mol. The van der Waals surface area contributed by atoms with Gasteiger partial charge in [0.1, 0.15) is 23.3 Å². The summed E-state index contributed by atoms with van der Waals surface area (Å²) in [5.41, 5.74) is -2.01. The third-order valence-corrected chi connectivity index (χ3v) is 6.13.